The number of nitrogens with zero attached hydrogens (tertiary/aromatic N) is 3. The van der Waals surface area contributed by atoms with Crippen LogP contribution in [0.2, 0.25) is 0 Å². The van der Waals surface area contributed by atoms with E-state index in [-0.39, 0.29) is 18.9 Å². The molecular weight excluding hydrogens is 350 g/mol. The van der Waals surface area contributed by atoms with Crippen molar-refractivity contribution in [2.24, 2.45) is 5.16 Å². The van der Waals surface area contributed by atoms with Crippen LogP contribution in [0.1, 0.15) is 18.2 Å². The largest absolute Gasteiger partial charge is 0.463 e. The van der Waals surface area contributed by atoms with Crippen molar-refractivity contribution in [3.63, 3.8) is 0 Å². The van der Waals surface area contributed by atoms with Crippen molar-refractivity contribution in [3.8, 4) is 0 Å². The van der Waals surface area contributed by atoms with Gasteiger partial charge in [0.1, 0.15) is 0 Å². The van der Waals surface area contributed by atoms with Crippen molar-refractivity contribution >= 4 is 23.3 Å². The highest BCUT2D eigenvalue weighted by Crippen LogP contribution is 2.12. The average molecular weight is 373 g/mol. The van der Waals surface area contributed by atoms with Crippen molar-refractivity contribution in [1.29, 1.82) is 0 Å². The van der Waals surface area contributed by atoms with Gasteiger partial charge >= 0.3 is 5.97 Å². The lowest BCUT2D eigenvalue weighted by atomic mass is 10.2. The number of benzene rings is 1. The Bertz CT molecular complexity index is 770. The summed E-state index contributed by atoms with van der Waals surface area (Å²) in [5.74, 6) is -1.02. The minimum Gasteiger partial charge on any atom is -0.463 e. The molecule has 0 atom stereocenters. The first kappa shape index (κ1) is 20.0. The zero-order valence-electron chi connectivity index (χ0n) is 15.6. The molecule has 0 radical (unpaired) electrons. The lowest BCUT2D eigenvalue weighted by Gasteiger charge is -2.13. The van der Waals surface area contributed by atoms with Gasteiger partial charge in [-0.05, 0) is 30.7 Å². The van der Waals surface area contributed by atoms with Crippen LogP contribution < -0.4 is 10.2 Å². The number of anilines is 1. The first-order valence-corrected chi connectivity index (χ1v) is 8.41. The highest BCUT2D eigenvalue weighted by Gasteiger charge is 2.17. The van der Waals surface area contributed by atoms with E-state index in [1.54, 1.807) is 13.0 Å². The lowest BCUT2D eigenvalue weighted by Crippen LogP contribution is -2.32. The van der Waals surface area contributed by atoms with Gasteiger partial charge in [0.2, 0.25) is 6.61 Å². The minimum atomic E-state index is -0.563. The molecule has 9 heteroatoms. The van der Waals surface area contributed by atoms with Crippen LogP contribution in [0.25, 0.3) is 0 Å². The molecule has 0 aliphatic rings. The molecule has 27 heavy (non-hydrogen) atoms. The molecule has 0 aliphatic heterocycles. The number of hydrogen-bond acceptors (Lipinski definition) is 7. The molecule has 0 unspecified atom stereocenters. The fourth-order valence-corrected chi connectivity index (χ4v) is 2.13. The Labute approximate surface area is 157 Å². The highest BCUT2D eigenvalue weighted by molar-refractivity contribution is 6.44. The number of rotatable bonds is 9. The number of hydrogen-bond donors (Lipinski definition) is 2. The van der Waals surface area contributed by atoms with E-state index in [1.807, 2.05) is 43.3 Å². The molecule has 1 amide bonds. The van der Waals surface area contributed by atoms with Crippen molar-refractivity contribution in [2.75, 3.05) is 32.2 Å². The normalized spacial score (nSPS) is 11.0. The number of aromatic amines is 1. The molecule has 9 nitrogen and oxygen atoms in total. The Kier molecular flexibility index (Phi) is 7.36. The SMILES string of the molecule is CCOC(=O)CO/N=C(/C(=O)NCc1ccc(N(C)C)cc1)c1ccn[nH]1. The maximum atomic E-state index is 12.5. The van der Waals surface area contributed by atoms with Crippen molar-refractivity contribution in [1.82, 2.24) is 15.5 Å². The Morgan fingerprint density at radius 1 is 1.22 bits per heavy atom. The van der Waals surface area contributed by atoms with Crippen molar-refractivity contribution in [3.05, 3.63) is 47.8 Å². The van der Waals surface area contributed by atoms with E-state index in [9.17, 15) is 9.59 Å². The van der Waals surface area contributed by atoms with Gasteiger partial charge in [-0.15, -0.1) is 0 Å². The topological polar surface area (TPSA) is 109 Å². The molecule has 2 N–H and O–H groups in total. The molecule has 144 valence electrons. The zero-order valence-corrected chi connectivity index (χ0v) is 15.6. The standard InChI is InChI=1S/C18H23N5O4/c1-4-26-16(24)12-27-22-17(15-9-10-20-21-15)18(25)19-11-13-5-7-14(8-6-13)23(2)3/h5-10H,4,11-12H2,1-3H3,(H,19,25)(H,20,21)/b22-17+. The number of carbonyl (C=O) groups excluding carboxylic acids is 2. The van der Waals surface area contributed by atoms with Crippen LogP contribution in [0.15, 0.2) is 41.7 Å². The quantitative estimate of drug-likeness (QED) is 0.387. The second-order valence-corrected chi connectivity index (χ2v) is 5.73. The van der Waals surface area contributed by atoms with Gasteiger partial charge in [0.15, 0.2) is 5.71 Å². The Hall–Kier alpha value is -3.36. The summed E-state index contributed by atoms with van der Waals surface area (Å²) in [6.45, 7) is 1.87. The Morgan fingerprint density at radius 2 is 1.96 bits per heavy atom. The van der Waals surface area contributed by atoms with Crippen LogP contribution in [0.3, 0.4) is 0 Å². The van der Waals surface area contributed by atoms with Gasteiger partial charge in [-0.2, -0.15) is 5.10 Å². The van der Waals surface area contributed by atoms with Crippen molar-refractivity contribution in [2.45, 2.75) is 13.5 Å². The minimum absolute atomic E-state index is 0.0123. The molecule has 2 rings (SSSR count). The molecular formula is C18H23N5O4. The van der Waals surface area contributed by atoms with Gasteiger partial charge in [-0.25, -0.2) is 4.79 Å². The smallest absolute Gasteiger partial charge is 0.347 e. The molecule has 2 aromatic rings. The van der Waals surface area contributed by atoms with Crippen LogP contribution in [0.4, 0.5) is 5.69 Å². The third kappa shape index (κ3) is 6.14. The summed E-state index contributed by atoms with van der Waals surface area (Å²) >= 11 is 0. The second-order valence-electron chi connectivity index (χ2n) is 5.73. The van der Waals surface area contributed by atoms with E-state index in [0.29, 0.717) is 12.2 Å². The maximum absolute atomic E-state index is 12.5. The van der Waals surface area contributed by atoms with Crippen LogP contribution in [-0.2, 0) is 25.7 Å². The number of oxime groups is 1. The van der Waals surface area contributed by atoms with E-state index >= 15 is 0 Å². The zero-order chi connectivity index (χ0) is 19.6. The molecule has 0 saturated heterocycles. The summed E-state index contributed by atoms with van der Waals surface area (Å²) < 4.78 is 4.75. The van der Waals surface area contributed by atoms with Crippen LogP contribution in [-0.4, -0.2) is 55.1 Å². The average Bonchev–Trinajstić information content (AvgIpc) is 3.18. The lowest BCUT2D eigenvalue weighted by molar-refractivity contribution is -0.148. The first-order chi connectivity index (χ1) is 13.0. The summed E-state index contributed by atoms with van der Waals surface area (Å²) in [6.07, 6.45) is 1.49. The fraction of sp³-hybridized carbons (Fsp3) is 0.333. The van der Waals surface area contributed by atoms with Gasteiger partial charge in [0, 0.05) is 32.5 Å². The number of aromatic nitrogens is 2. The molecule has 1 heterocycles. The summed E-state index contributed by atoms with van der Waals surface area (Å²) in [5, 5.41) is 13.0. The third-order valence-electron chi connectivity index (χ3n) is 3.52. The molecule has 0 saturated carbocycles. The molecule has 1 aromatic carbocycles. The van der Waals surface area contributed by atoms with Crippen molar-refractivity contribution < 1.29 is 19.2 Å². The molecule has 1 aromatic heterocycles. The van der Waals surface area contributed by atoms with E-state index in [2.05, 4.69) is 20.7 Å². The van der Waals surface area contributed by atoms with Gasteiger partial charge in [-0.3, -0.25) is 9.89 Å². The first-order valence-electron chi connectivity index (χ1n) is 8.41. The predicted molar refractivity (Wildman–Crippen MR) is 100 cm³/mol. The predicted octanol–water partition coefficient (Wildman–Crippen LogP) is 1.08. The molecule has 0 aliphatic carbocycles. The fourth-order valence-electron chi connectivity index (χ4n) is 2.13. The van der Waals surface area contributed by atoms with Gasteiger partial charge in [0.05, 0.1) is 12.3 Å². The molecule has 0 spiro atoms. The number of ether oxygens (including phenoxy) is 1. The van der Waals surface area contributed by atoms with E-state index in [0.717, 1.165) is 11.3 Å². The summed E-state index contributed by atoms with van der Waals surface area (Å²) in [5.41, 5.74) is 2.36. The van der Waals surface area contributed by atoms with Crippen LogP contribution in [0, 0.1) is 0 Å². The Morgan fingerprint density at radius 3 is 2.56 bits per heavy atom. The van der Waals surface area contributed by atoms with Crippen LogP contribution in [0.5, 0.6) is 0 Å². The molecule has 0 bridgehead atoms. The van der Waals surface area contributed by atoms with Gasteiger partial charge in [-0.1, -0.05) is 17.3 Å². The maximum Gasteiger partial charge on any atom is 0.347 e. The van der Waals surface area contributed by atoms with Gasteiger partial charge in [0.25, 0.3) is 5.91 Å². The number of H-pyrrole nitrogens is 1. The van der Waals surface area contributed by atoms with E-state index in [4.69, 9.17) is 9.57 Å². The monoisotopic (exact) mass is 373 g/mol. The summed E-state index contributed by atoms with van der Waals surface area (Å²) in [7, 11) is 3.92. The Balaban J connectivity index is 2.00. The van der Waals surface area contributed by atoms with Crippen LogP contribution >= 0.6 is 0 Å². The highest BCUT2D eigenvalue weighted by atomic mass is 16.7. The number of amides is 1. The van der Waals surface area contributed by atoms with E-state index in [1.165, 1.54) is 6.20 Å². The summed E-state index contributed by atoms with van der Waals surface area (Å²) in [4.78, 5) is 30.8. The summed E-state index contributed by atoms with van der Waals surface area (Å²) in [6, 6.07) is 9.37. The second kappa shape index (κ2) is 9.95. The number of nitrogens with one attached hydrogen (secondary N) is 2. The third-order valence-corrected chi connectivity index (χ3v) is 3.52. The molecule has 0 fully saturated rings. The van der Waals surface area contributed by atoms with E-state index < -0.39 is 11.9 Å². The number of esters is 1. The number of carbonyl (C=O) groups is 2. The van der Waals surface area contributed by atoms with Gasteiger partial charge < -0.3 is 19.8 Å².